The summed E-state index contributed by atoms with van der Waals surface area (Å²) in [7, 11) is 0. The number of hydrogen-bond acceptors (Lipinski definition) is 2. The van der Waals surface area contributed by atoms with Crippen LogP contribution in [0.4, 0.5) is 0 Å². The first-order valence-electron chi connectivity index (χ1n) is 4.70. The molecule has 3 heteroatoms. The molecule has 0 amide bonds. The van der Waals surface area contributed by atoms with Gasteiger partial charge < -0.3 is 5.11 Å². The average molecular weight is 210 g/mol. The topological polar surface area (TPSA) is 37.3 Å². The molecule has 2 nitrogen and oxygen atoms in total. The lowest BCUT2D eigenvalue weighted by molar-refractivity contribution is -0.140. The van der Waals surface area contributed by atoms with Gasteiger partial charge in [0.05, 0.1) is 0 Å². The van der Waals surface area contributed by atoms with E-state index >= 15 is 0 Å². The first kappa shape index (κ1) is 9.71. The second-order valence-corrected chi connectivity index (χ2v) is 5.62. The van der Waals surface area contributed by atoms with Crippen molar-refractivity contribution in [3.05, 3.63) is 21.9 Å². The molecule has 0 unspecified atom stereocenters. The first-order chi connectivity index (χ1) is 6.42. The molecule has 14 heavy (non-hydrogen) atoms. The fraction of sp³-hybridized carbons (Fsp3) is 0.545. The Hall–Kier alpha value is -0.830. The molecule has 1 fully saturated rings. The van der Waals surface area contributed by atoms with Gasteiger partial charge in [-0.1, -0.05) is 13.8 Å². The standard InChI is InChI=1S/C11H14O2S/c1-7-4-5-14-8(7)11(9(12)13)6-10(11,2)3/h4-5H,6H2,1-3H3,(H,12,13)/t11-/m0/s1. The molecule has 1 aliphatic carbocycles. The Balaban J connectivity index is 2.52. The monoisotopic (exact) mass is 210 g/mol. The first-order valence-corrected chi connectivity index (χ1v) is 5.58. The number of carbonyl (C=O) groups is 1. The van der Waals surface area contributed by atoms with Crippen LogP contribution < -0.4 is 0 Å². The molecule has 0 saturated heterocycles. The van der Waals surface area contributed by atoms with Crippen LogP contribution in [0.2, 0.25) is 0 Å². The van der Waals surface area contributed by atoms with Gasteiger partial charge in [0.1, 0.15) is 5.41 Å². The number of aryl methyl sites for hydroxylation is 1. The lowest BCUT2D eigenvalue weighted by Gasteiger charge is -2.14. The van der Waals surface area contributed by atoms with E-state index in [1.165, 1.54) is 0 Å². The van der Waals surface area contributed by atoms with Crippen molar-refractivity contribution < 1.29 is 9.90 Å². The van der Waals surface area contributed by atoms with E-state index in [0.29, 0.717) is 0 Å². The lowest BCUT2D eigenvalue weighted by Crippen LogP contribution is -2.25. The quantitative estimate of drug-likeness (QED) is 0.815. The van der Waals surface area contributed by atoms with Crippen molar-refractivity contribution >= 4 is 17.3 Å². The van der Waals surface area contributed by atoms with Crippen LogP contribution in [0, 0.1) is 12.3 Å². The molecule has 1 atom stereocenters. The summed E-state index contributed by atoms with van der Waals surface area (Å²) in [5.74, 6) is -0.673. The summed E-state index contributed by atoms with van der Waals surface area (Å²) in [4.78, 5) is 12.4. The fourth-order valence-corrected chi connectivity index (χ4v) is 3.58. The highest BCUT2D eigenvalue weighted by Crippen LogP contribution is 2.65. The molecule has 1 N–H and O–H groups in total. The summed E-state index contributed by atoms with van der Waals surface area (Å²) in [6.45, 7) is 6.05. The van der Waals surface area contributed by atoms with E-state index < -0.39 is 11.4 Å². The number of aliphatic carboxylic acids is 1. The molecule has 0 bridgehead atoms. The molecular formula is C11H14O2S. The molecule has 76 valence electrons. The zero-order chi connectivity index (χ0) is 10.6. The van der Waals surface area contributed by atoms with Crippen molar-refractivity contribution in [1.82, 2.24) is 0 Å². The second-order valence-electron chi connectivity index (χ2n) is 4.70. The minimum atomic E-state index is -0.673. The molecule has 1 aromatic heterocycles. The normalized spacial score (nSPS) is 28.8. The summed E-state index contributed by atoms with van der Waals surface area (Å²) in [5.41, 5.74) is 0.419. The largest absolute Gasteiger partial charge is 0.481 e. The lowest BCUT2D eigenvalue weighted by atomic mass is 9.92. The summed E-state index contributed by atoms with van der Waals surface area (Å²) in [6, 6.07) is 2.00. The van der Waals surface area contributed by atoms with Crippen LogP contribution in [0.15, 0.2) is 11.4 Å². The van der Waals surface area contributed by atoms with Crippen molar-refractivity contribution in [2.75, 3.05) is 0 Å². The maximum atomic E-state index is 11.4. The summed E-state index contributed by atoms with van der Waals surface area (Å²) in [5, 5.41) is 11.3. The Morgan fingerprint density at radius 2 is 2.14 bits per heavy atom. The molecule has 0 spiro atoms. The fourth-order valence-electron chi connectivity index (χ4n) is 2.28. The van der Waals surface area contributed by atoms with Crippen molar-refractivity contribution in [1.29, 1.82) is 0 Å². The van der Waals surface area contributed by atoms with Gasteiger partial charge in [-0.15, -0.1) is 11.3 Å². The summed E-state index contributed by atoms with van der Waals surface area (Å²) < 4.78 is 0. The predicted octanol–water partition coefficient (Wildman–Crippen LogP) is 2.81. The molecular weight excluding hydrogens is 196 g/mol. The van der Waals surface area contributed by atoms with Crippen LogP contribution in [0.5, 0.6) is 0 Å². The molecule has 1 saturated carbocycles. The van der Waals surface area contributed by atoms with Gasteiger partial charge in [-0.3, -0.25) is 4.79 Å². The summed E-state index contributed by atoms with van der Waals surface area (Å²) in [6.07, 6.45) is 0.761. The van der Waals surface area contributed by atoms with E-state index in [1.54, 1.807) is 11.3 Å². The molecule has 0 aromatic carbocycles. The van der Waals surface area contributed by atoms with E-state index in [9.17, 15) is 9.90 Å². The van der Waals surface area contributed by atoms with Crippen molar-refractivity contribution in [2.24, 2.45) is 5.41 Å². The minimum absolute atomic E-state index is 0.0888. The number of carboxylic acids is 1. The third-order valence-corrected chi connectivity index (χ3v) is 4.53. The molecule has 1 aromatic rings. The zero-order valence-corrected chi connectivity index (χ0v) is 9.44. The molecule has 1 heterocycles. The number of rotatable bonds is 2. The van der Waals surface area contributed by atoms with Crippen LogP contribution in [-0.2, 0) is 10.2 Å². The van der Waals surface area contributed by atoms with Gasteiger partial charge in [0.15, 0.2) is 0 Å². The zero-order valence-electron chi connectivity index (χ0n) is 8.63. The molecule has 0 aliphatic heterocycles. The highest BCUT2D eigenvalue weighted by atomic mass is 32.1. The number of hydrogen-bond donors (Lipinski definition) is 1. The Labute approximate surface area is 87.6 Å². The van der Waals surface area contributed by atoms with Crippen LogP contribution in [0.3, 0.4) is 0 Å². The number of carboxylic acid groups (broad SMARTS) is 1. The van der Waals surface area contributed by atoms with Gasteiger partial charge in [0, 0.05) is 4.88 Å². The Morgan fingerprint density at radius 3 is 2.43 bits per heavy atom. The number of thiophene rings is 1. The van der Waals surface area contributed by atoms with Gasteiger partial charge in [-0.2, -0.15) is 0 Å². The van der Waals surface area contributed by atoms with Gasteiger partial charge in [-0.25, -0.2) is 0 Å². The van der Waals surface area contributed by atoms with E-state index in [1.807, 2.05) is 32.2 Å². The SMILES string of the molecule is Cc1ccsc1[C@]1(C(=O)O)CC1(C)C. The molecule has 0 radical (unpaired) electrons. The highest BCUT2D eigenvalue weighted by molar-refractivity contribution is 7.10. The summed E-state index contributed by atoms with van der Waals surface area (Å²) >= 11 is 1.57. The van der Waals surface area contributed by atoms with Crippen LogP contribution >= 0.6 is 11.3 Å². The van der Waals surface area contributed by atoms with Crippen molar-refractivity contribution in [3.63, 3.8) is 0 Å². The van der Waals surface area contributed by atoms with Crippen LogP contribution in [0.25, 0.3) is 0 Å². The van der Waals surface area contributed by atoms with Gasteiger partial charge >= 0.3 is 5.97 Å². The van der Waals surface area contributed by atoms with Crippen molar-refractivity contribution in [3.8, 4) is 0 Å². The predicted molar refractivity (Wildman–Crippen MR) is 56.8 cm³/mol. The van der Waals surface area contributed by atoms with Gasteiger partial charge in [0.25, 0.3) is 0 Å². The smallest absolute Gasteiger partial charge is 0.315 e. The molecule has 2 rings (SSSR count). The van der Waals surface area contributed by atoms with Gasteiger partial charge in [0.2, 0.25) is 0 Å². The minimum Gasteiger partial charge on any atom is -0.481 e. The Bertz CT molecular complexity index is 392. The van der Waals surface area contributed by atoms with E-state index in [0.717, 1.165) is 16.9 Å². The van der Waals surface area contributed by atoms with E-state index in [-0.39, 0.29) is 5.41 Å². The Kier molecular flexibility index (Phi) is 1.80. The van der Waals surface area contributed by atoms with Crippen LogP contribution in [0.1, 0.15) is 30.7 Å². The van der Waals surface area contributed by atoms with E-state index in [4.69, 9.17) is 0 Å². The maximum Gasteiger partial charge on any atom is 0.315 e. The third kappa shape index (κ3) is 0.989. The van der Waals surface area contributed by atoms with Crippen molar-refractivity contribution in [2.45, 2.75) is 32.6 Å². The highest BCUT2D eigenvalue weighted by Gasteiger charge is 2.68. The Morgan fingerprint density at radius 1 is 1.57 bits per heavy atom. The maximum absolute atomic E-state index is 11.4. The van der Waals surface area contributed by atoms with Gasteiger partial charge in [-0.05, 0) is 35.8 Å². The van der Waals surface area contributed by atoms with Crippen LogP contribution in [-0.4, -0.2) is 11.1 Å². The van der Waals surface area contributed by atoms with E-state index in [2.05, 4.69) is 0 Å². The second kappa shape index (κ2) is 2.60. The molecule has 1 aliphatic rings. The third-order valence-electron chi connectivity index (χ3n) is 3.35. The average Bonchev–Trinajstić information content (AvgIpc) is 2.44.